The zero-order chi connectivity index (χ0) is 20.1. The van der Waals surface area contributed by atoms with Crippen LogP contribution in [0.5, 0.6) is 0 Å². The predicted octanol–water partition coefficient (Wildman–Crippen LogP) is 2.42. The number of amides is 3. The van der Waals surface area contributed by atoms with Gasteiger partial charge in [0, 0.05) is 13.6 Å². The van der Waals surface area contributed by atoms with Crippen molar-refractivity contribution in [3.8, 4) is 0 Å². The maximum absolute atomic E-state index is 12.5. The Morgan fingerprint density at radius 1 is 1.00 bits per heavy atom. The summed E-state index contributed by atoms with van der Waals surface area (Å²) in [5.74, 6) is -5.49. The van der Waals surface area contributed by atoms with E-state index in [9.17, 15) is 29.4 Å². The highest BCUT2D eigenvalue weighted by Gasteiger charge is 2.51. The zero-order valence-corrected chi connectivity index (χ0v) is 16.0. The minimum atomic E-state index is -1.33. The summed E-state index contributed by atoms with van der Waals surface area (Å²) in [7, 11) is 1.47. The number of aliphatic carboxylic acids is 2. The van der Waals surface area contributed by atoms with E-state index in [-0.39, 0.29) is 6.42 Å². The summed E-state index contributed by atoms with van der Waals surface area (Å²) in [6.07, 6.45) is 4.74. The molecule has 1 unspecified atom stereocenters. The van der Waals surface area contributed by atoms with Crippen molar-refractivity contribution >= 4 is 23.9 Å². The molecule has 2 atom stereocenters. The fourth-order valence-corrected chi connectivity index (χ4v) is 3.18. The van der Waals surface area contributed by atoms with Gasteiger partial charge >= 0.3 is 18.0 Å². The standard InChI is InChI=1S/C18H30N2O6/c1-5-6-7-8-9-10-12(14(21)22)13(15(23)24)11-20-16(25)18(2,3)19(4)17(20)26/h12-13H,5-11H2,1-4H3,(H,21,22)(H,23,24)/t12-,13?/m1/s1. The van der Waals surface area contributed by atoms with Crippen molar-refractivity contribution in [2.75, 3.05) is 13.6 Å². The van der Waals surface area contributed by atoms with Gasteiger partial charge in [0.1, 0.15) is 5.54 Å². The van der Waals surface area contributed by atoms with Crippen LogP contribution in [0.15, 0.2) is 0 Å². The number of hydrogen-bond donors (Lipinski definition) is 2. The lowest BCUT2D eigenvalue weighted by Crippen LogP contribution is -2.44. The van der Waals surface area contributed by atoms with Crippen LogP contribution in [0.3, 0.4) is 0 Å². The molecule has 0 saturated carbocycles. The second-order valence-corrected chi connectivity index (χ2v) is 7.41. The molecule has 26 heavy (non-hydrogen) atoms. The van der Waals surface area contributed by atoms with Crippen molar-refractivity contribution < 1.29 is 29.4 Å². The molecule has 1 rings (SSSR count). The molecule has 2 N–H and O–H groups in total. The smallest absolute Gasteiger partial charge is 0.327 e. The number of hydrogen-bond acceptors (Lipinski definition) is 4. The van der Waals surface area contributed by atoms with Gasteiger partial charge in [0.2, 0.25) is 0 Å². The monoisotopic (exact) mass is 370 g/mol. The molecule has 0 radical (unpaired) electrons. The van der Waals surface area contributed by atoms with Gasteiger partial charge in [0.05, 0.1) is 11.8 Å². The summed E-state index contributed by atoms with van der Waals surface area (Å²) in [5.41, 5.74) is -1.07. The van der Waals surface area contributed by atoms with E-state index in [0.717, 1.165) is 30.6 Å². The topological polar surface area (TPSA) is 115 Å². The summed E-state index contributed by atoms with van der Waals surface area (Å²) in [5, 5.41) is 19.0. The molecule has 3 amide bonds. The van der Waals surface area contributed by atoms with Crippen molar-refractivity contribution in [2.24, 2.45) is 11.8 Å². The van der Waals surface area contributed by atoms with E-state index in [1.807, 2.05) is 0 Å². The Balaban J connectivity index is 2.88. The van der Waals surface area contributed by atoms with Crippen molar-refractivity contribution in [3.05, 3.63) is 0 Å². The van der Waals surface area contributed by atoms with Crippen LogP contribution >= 0.6 is 0 Å². The molecule has 148 valence electrons. The number of carboxylic acids is 2. The van der Waals surface area contributed by atoms with E-state index in [1.54, 1.807) is 13.8 Å². The molecule has 1 fully saturated rings. The quantitative estimate of drug-likeness (QED) is 0.426. The van der Waals surface area contributed by atoms with Gasteiger partial charge in [0.25, 0.3) is 5.91 Å². The molecule has 1 aliphatic rings. The molecule has 0 aromatic rings. The lowest BCUT2D eigenvalue weighted by molar-refractivity contribution is -0.155. The Morgan fingerprint density at radius 3 is 1.96 bits per heavy atom. The lowest BCUT2D eigenvalue weighted by atomic mass is 9.87. The maximum Gasteiger partial charge on any atom is 0.327 e. The van der Waals surface area contributed by atoms with Gasteiger partial charge in [-0.05, 0) is 20.3 Å². The zero-order valence-electron chi connectivity index (χ0n) is 16.0. The van der Waals surface area contributed by atoms with E-state index in [2.05, 4.69) is 6.92 Å². The minimum Gasteiger partial charge on any atom is -0.481 e. The Bertz CT molecular complexity index is 560. The third-order valence-electron chi connectivity index (χ3n) is 5.24. The number of carboxylic acid groups (broad SMARTS) is 2. The van der Waals surface area contributed by atoms with Crippen LogP contribution in [0, 0.1) is 11.8 Å². The van der Waals surface area contributed by atoms with Crippen molar-refractivity contribution in [1.82, 2.24) is 9.80 Å². The minimum absolute atomic E-state index is 0.214. The highest BCUT2D eigenvalue weighted by molar-refractivity contribution is 6.06. The summed E-state index contributed by atoms with van der Waals surface area (Å²) in [4.78, 5) is 50.2. The first kappa shape index (κ1) is 21.9. The molecule has 1 saturated heterocycles. The van der Waals surface area contributed by atoms with Crippen LogP contribution in [0.2, 0.25) is 0 Å². The van der Waals surface area contributed by atoms with E-state index in [0.29, 0.717) is 6.42 Å². The Morgan fingerprint density at radius 2 is 1.54 bits per heavy atom. The van der Waals surface area contributed by atoms with Crippen LogP contribution in [0.25, 0.3) is 0 Å². The van der Waals surface area contributed by atoms with Gasteiger partial charge in [-0.1, -0.05) is 39.0 Å². The third-order valence-corrected chi connectivity index (χ3v) is 5.24. The van der Waals surface area contributed by atoms with Gasteiger partial charge in [-0.2, -0.15) is 0 Å². The number of urea groups is 1. The number of nitrogens with zero attached hydrogens (tertiary/aromatic N) is 2. The molecule has 0 aliphatic carbocycles. The number of carbonyl (C=O) groups excluding carboxylic acids is 2. The molecule has 0 aromatic carbocycles. The summed E-state index contributed by atoms with van der Waals surface area (Å²) in [6, 6.07) is -0.599. The Hall–Kier alpha value is -2.12. The molecule has 8 nitrogen and oxygen atoms in total. The molecular weight excluding hydrogens is 340 g/mol. The first-order valence-electron chi connectivity index (χ1n) is 9.11. The van der Waals surface area contributed by atoms with Crippen LogP contribution in [0.4, 0.5) is 4.79 Å². The van der Waals surface area contributed by atoms with Crippen molar-refractivity contribution in [1.29, 1.82) is 0 Å². The first-order valence-corrected chi connectivity index (χ1v) is 9.11. The van der Waals surface area contributed by atoms with E-state index in [1.165, 1.54) is 11.9 Å². The average molecular weight is 370 g/mol. The highest BCUT2D eigenvalue weighted by Crippen LogP contribution is 2.29. The molecule has 0 aromatic heterocycles. The van der Waals surface area contributed by atoms with Gasteiger partial charge in [0.15, 0.2) is 0 Å². The summed E-state index contributed by atoms with van der Waals surface area (Å²) in [6.45, 7) is 4.80. The SMILES string of the molecule is CCCCCCC[C@@H](C(=O)O)C(CN1C(=O)N(C)C(C)(C)C1=O)C(=O)O. The lowest BCUT2D eigenvalue weighted by Gasteiger charge is -2.24. The van der Waals surface area contributed by atoms with Gasteiger partial charge in [-0.25, -0.2) is 4.79 Å². The normalized spacial score (nSPS) is 18.9. The van der Waals surface area contributed by atoms with E-state index < -0.39 is 47.8 Å². The number of carbonyl (C=O) groups is 4. The molecular formula is C18H30N2O6. The largest absolute Gasteiger partial charge is 0.481 e. The summed E-state index contributed by atoms with van der Waals surface area (Å²) < 4.78 is 0. The van der Waals surface area contributed by atoms with Crippen LogP contribution in [-0.4, -0.2) is 63.0 Å². The fourth-order valence-electron chi connectivity index (χ4n) is 3.18. The fraction of sp³-hybridized carbons (Fsp3) is 0.778. The van der Waals surface area contributed by atoms with Crippen LogP contribution in [-0.2, 0) is 14.4 Å². The van der Waals surface area contributed by atoms with Crippen LogP contribution < -0.4 is 0 Å². The molecule has 1 heterocycles. The average Bonchev–Trinajstić information content (AvgIpc) is 2.70. The first-order chi connectivity index (χ1) is 12.1. The van der Waals surface area contributed by atoms with Crippen molar-refractivity contribution in [3.63, 3.8) is 0 Å². The van der Waals surface area contributed by atoms with Gasteiger partial charge < -0.3 is 15.1 Å². The highest BCUT2D eigenvalue weighted by atomic mass is 16.4. The van der Waals surface area contributed by atoms with Crippen molar-refractivity contribution in [2.45, 2.75) is 64.8 Å². The second kappa shape index (κ2) is 9.00. The second-order valence-electron chi connectivity index (χ2n) is 7.41. The van der Waals surface area contributed by atoms with Crippen LogP contribution in [0.1, 0.15) is 59.3 Å². The number of likely N-dealkylation sites (N-methyl/N-ethyl adjacent to an activating group) is 1. The van der Waals surface area contributed by atoms with E-state index in [4.69, 9.17) is 0 Å². The summed E-state index contributed by atoms with van der Waals surface area (Å²) >= 11 is 0. The van der Waals surface area contributed by atoms with E-state index >= 15 is 0 Å². The maximum atomic E-state index is 12.5. The molecule has 0 spiro atoms. The number of unbranched alkanes of at least 4 members (excludes halogenated alkanes) is 4. The number of rotatable bonds is 11. The third kappa shape index (κ3) is 4.74. The van der Waals surface area contributed by atoms with Gasteiger partial charge in [-0.15, -0.1) is 0 Å². The number of imide groups is 1. The predicted molar refractivity (Wildman–Crippen MR) is 94.6 cm³/mol. The Kier molecular flexibility index (Phi) is 7.59. The van der Waals surface area contributed by atoms with Gasteiger partial charge in [-0.3, -0.25) is 19.3 Å². The molecule has 1 aliphatic heterocycles. The molecule has 0 bridgehead atoms. The Labute approximate surface area is 154 Å². The molecule has 8 heteroatoms.